The molecule has 0 spiro atoms. The Bertz CT molecular complexity index is 448. The first-order chi connectivity index (χ1) is 9.13. The molecule has 0 radical (unpaired) electrons. The third kappa shape index (κ3) is 3.07. The summed E-state index contributed by atoms with van der Waals surface area (Å²) in [5.41, 5.74) is 0.701. The minimum absolute atomic E-state index is 0.0856. The average Bonchev–Trinajstić information content (AvgIpc) is 2.42. The molecule has 104 valence electrons. The van der Waals surface area contributed by atoms with Crippen molar-refractivity contribution in [1.29, 1.82) is 0 Å². The number of rotatable bonds is 3. The van der Waals surface area contributed by atoms with Gasteiger partial charge in [0.1, 0.15) is 5.75 Å². The van der Waals surface area contributed by atoms with Gasteiger partial charge in [-0.3, -0.25) is 4.79 Å². The quantitative estimate of drug-likeness (QED) is 0.904. The minimum atomic E-state index is 0.0856. The monoisotopic (exact) mass is 262 g/mol. The zero-order chi connectivity index (χ0) is 13.8. The van der Waals surface area contributed by atoms with E-state index in [4.69, 9.17) is 4.74 Å². The fraction of sp³-hybridized carbons (Fsp3) is 0.533. The summed E-state index contributed by atoms with van der Waals surface area (Å²) >= 11 is 0. The fourth-order valence-corrected chi connectivity index (χ4v) is 2.39. The van der Waals surface area contributed by atoms with E-state index in [1.54, 1.807) is 0 Å². The Labute approximate surface area is 114 Å². The highest BCUT2D eigenvalue weighted by Crippen LogP contribution is 2.18. The molecule has 1 fully saturated rings. The summed E-state index contributed by atoms with van der Waals surface area (Å²) in [7, 11) is 0. The highest BCUT2D eigenvalue weighted by molar-refractivity contribution is 5.95. The molecule has 1 amide bonds. The van der Waals surface area contributed by atoms with Crippen LogP contribution in [-0.4, -0.2) is 42.6 Å². The van der Waals surface area contributed by atoms with Crippen LogP contribution < -0.4 is 10.1 Å². The number of amides is 1. The number of nitrogens with one attached hydrogen (secondary N) is 1. The molecule has 1 aromatic carbocycles. The van der Waals surface area contributed by atoms with Crippen molar-refractivity contribution in [1.82, 2.24) is 10.2 Å². The molecule has 2 rings (SSSR count). The Morgan fingerprint density at radius 1 is 1.47 bits per heavy atom. The second kappa shape index (κ2) is 6.06. The van der Waals surface area contributed by atoms with Gasteiger partial charge in [0.2, 0.25) is 0 Å². The summed E-state index contributed by atoms with van der Waals surface area (Å²) in [4.78, 5) is 14.5. The lowest BCUT2D eigenvalue weighted by Gasteiger charge is -2.38. The van der Waals surface area contributed by atoms with Crippen LogP contribution in [0.5, 0.6) is 5.75 Å². The molecular formula is C15H22N2O2. The predicted molar refractivity (Wildman–Crippen MR) is 75.6 cm³/mol. The molecule has 0 bridgehead atoms. The van der Waals surface area contributed by atoms with Crippen molar-refractivity contribution < 1.29 is 9.53 Å². The highest BCUT2D eigenvalue weighted by atomic mass is 16.5. The Hall–Kier alpha value is -1.55. The van der Waals surface area contributed by atoms with E-state index in [1.165, 1.54) is 0 Å². The first-order valence-electron chi connectivity index (χ1n) is 6.90. The van der Waals surface area contributed by atoms with Crippen LogP contribution in [0.1, 0.15) is 31.1 Å². The molecule has 1 aliphatic heterocycles. The van der Waals surface area contributed by atoms with Gasteiger partial charge in [-0.25, -0.2) is 0 Å². The van der Waals surface area contributed by atoms with Gasteiger partial charge in [0.15, 0.2) is 0 Å². The largest absolute Gasteiger partial charge is 0.494 e. The highest BCUT2D eigenvalue weighted by Gasteiger charge is 2.28. The summed E-state index contributed by atoms with van der Waals surface area (Å²) in [5.74, 6) is 0.839. The topological polar surface area (TPSA) is 41.6 Å². The second-order valence-electron chi connectivity index (χ2n) is 4.94. The molecule has 4 nitrogen and oxygen atoms in total. The molecule has 0 aliphatic carbocycles. The Morgan fingerprint density at radius 3 is 3.00 bits per heavy atom. The third-order valence-electron chi connectivity index (χ3n) is 3.69. The van der Waals surface area contributed by atoms with Crippen LogP contribution in [0.4, 0.5) is 0 Å². The van der Waals surface area contributed by atoms with Crippen molar-refractivity contribution in [3.8, 4) is 5.75 Å². The van der Waals surface area contributed by atoms with Crippen molar-refractivity contribution in [3.63, 3.8) is 0 Å². The Kier molecular flexibility index (Phi) is 4.43. The van der Waals surface area contributed by atoms with Crippen LogP contribution in [0, 0.1) is 0 Å². The minimum Gasteiger partial charge on any atom is -0.494 e. The van der Waals surface area contributed by atoms with E-state index in [-0.39, 0.29) is 11.9 Å². The van der Waals surface area contributed by atoms with Gasteiger partial charge in [-0.1, -0.05) is 6.07 Å². The van der Waals surface area contributed by atoms with Crippen molar-refractivity contribution >= 4 is 5.91 Å². The standard InChI is InChI=1S/C15H22N2O2/c1-4-19-14-7-5-6-13(10-14)15(18)17-9-8-16-11(2)12(17)3/h5-7,10-12,16H,4,8-9H2,1-3H3. The maximum atomic E-state index is 12.6. The molecule has 0 aromatic heterocycles. The molecule has 2 atom stereocenters. The number of hydrogen-bond donors (Lipinski definition) is 1. The van der Waals surface area contributed by atoms with Gasteiger partial charge < -0.3 is 15.0 Å². The van der Waals surface area contributed by atoms with E-state index >= 15 is 0 Å². The molecule has 4 heteroatoms. The van der Waals surface area contributed by atoms with E-state index in [0.717, 1.165) is 18.8 Å². The summed E-state index contributed by atoms with van der Waals surface area (Å²) in [6.45, 7) is 8.35. The van der Waals surface area contributed by atoms with Gasteiger partial charge in [-0.05, 0) is 39.0 Å². The predicted octanol–water partition coefficient (Wildman–Crippen LogP) is 1.91. The fourth-order valence-electron chi connectivity index (χ4n) is 2.39. The van der Waals surface area contributed by atoms with Crippen molar-refractivity contribution in [2.45, 2.75) is 32.9 Å². The van der Waals surface area contributed by atoms with Gasteiger partial charge in [-0.15, -0.1) is 0 Å². The normalized spacial score (nSPS) is 23.2. The van der Waals surface area contributed by atoms with E-state index < -0.39 is 0 Å². The molecule has 0 saturated carbocycles. The van der Waals surface area contributed by atoms with Crippen LogP contribution in [-0.2, 0) is 0 Å². The number of hydrogen-bond acceptors (Lipinski definition) is 3. The van der Waals surface area contributed by atoms with Gasteiger partial charge in [0.25, 0.3) is 5.91 Å². The summed E-state index contributed by atoms with van der Waals surface area (Å²) < 4.78 is 5.45. The van der Waals surface area contributed by atoms with Gasteiger partial charge in [0, 0.05) is 30.7 Å². The molecule has 1 aromatic rings. The van der Waals surface area contributed by atoms with E-state index in [0.29, 0.717) is 18.2 Å². The molecule has 19 heavy (non-hydrogen) atoms. The summed E-state index contributed by atoms with van der Waals surface area (Å²) in [6.07, 6.45) is 0. The molecular weight excluding hydrogens is 240 g/mol. The van der Waals surface area contributed by atoms with Crippen LogP contribution >= 0.6 is 0 Å². The average molecular weight is 262 g/mol. The Morgan fingerprint density at radius 2 is 2.26 bits per heavy atom. The number of carbonyl (C=O) groups is 1. The number of benzene rings is 1. The Balaban J connectivity index is 2.16. The zero-order valence-electron chi connectivity index (χ0n) is 11.8. The maximum Gasteiger partial charge on any atom is 0.254 e. The number of carbonyl (C=O) groups excluding carboxylic acids is 1. The van der Waals surface area contributed by atoms with Gasteiger partial charge >= 0.3 is 0 Å². The number of nitrogens with zero attached hydrogens (tertiary/aromatic N) is 1. The summed E-state index contributed by atoms with van der Waals surface area (Å²) in [6, 6.07) is 7.96. The molecule has 1 heterocycles. The lowest BCUT2D eigenvalue weighted by atomic mass is 10.1. The zero-order valence-corrected chi connectivity index (χ0v) is 11.8. The first kappa shape index (κ1) is 13.9. The maximum absolute atomic E-state index is 12.6. The smallest absolute Gasteiger partial charge is 0.254 e. The van der Waals surface area contributed by atoms with Gasteiger partial charge in [0.05, 0.1) is 6.61 Å². The number of ether oxygens (including phenoxy) is 1. The van der Waals surface area contributed by atoms with E-state index in [9.17, 15) is 4.79 Å². The van der Waals surface area contributed by atoms with E-state index in [2.05, 4.69) is 19.2 Å². The third-order valence-corrected chi connectivity index (χ3v) is 3.69. The van der Waals surface area contributed by atoms with Crippen molar-refractivity contribution in [3.05, 3.63) is 29.8 Å². The first-order valence-corrected chi connectivity index (χ1v) is 6.90. The lowest BCUT2D eigenvalue weighted by molar-refractivity contribution is 0.0602. The van der Waals surface area contributed by atoms with Crippen LogP contribution in [0.25, 0.3) is 0 Å². The van der Waals surface area contributed by atoms with Crippen LogP contribution in [0.2, 0.25) is 0 Å². The lowest BCUT2D eigenvalue weighted by Crippen LogP contribution is -2.57. The second-order valence-corrected chi connectivity index (χ2v) is 4.94. The van der Waals surface area contributed by atoms with Crippen molar-refractivity contribution in [2.24, 2.45) is 0 Å². The molecule has 2 unspecified atom stereocenters. The summed E-state index contributed by atoms with van der Waals surface area (Å²) in [5, 5.41) is 3.38. The SMILES string of the molecule is CCOc1cccc(C(=O)N2CCNC(C)C2C)c1. The molecule has 1 aliphatic rings. The van der Waals surface area contributed by atoms with Crippen molar-refractivity contribution in [2.75, 3.05) is 19.7 Å². The van der Waals surface area contributed by atoms with E-state index in [1.807, 2.05) is 36.1 Å². The number of piperazine rings is 1. The van der Waals surface area contributed by atoms with Crippen LogP contribution in [0.15, 0.2) is 24.3 Å². The van der Waals surface area contributed by atoms with Gasteiger partial charge in [-0.2, -0.15) is 0 Å². The molecule has 1 N–H and O–H groups in total. The molecule has 1 saturated heterocycles. The van der Waals surface area contributed by atoms with Crippen LogP contribution in [0.3, 0.4) is 0 Å².